The number of aromatic carboxylic acids is 1. The maximum Gasteiger partial charge on any atom is 0.358 e. The van der Waals surface area contributed by atoms with Gasteiger partial charge in [0, 0.05) is 20.6 Å². The van der Waals surface area contributed by atoms with Crippen molar-refractivity contribution < 1.29 is 14.3 Å². The summed E-state index contributed by atoms with van der Waals surface area (Å²) < 4.78 is 16.0. The lowest BCUT2D eigenvalue weighted by Gasteiger charge is -2.09. The highest BCUT2D eigenvalue weighted by Gasteiger charge is 2.21. The van der Waals surface area contributed by atoms with E-state index in [1.165, 1.54) is 10.7 Å². The number of hydrogen-bond donors (Lipinski definition) is 1. The number of carboxylic acid groups (broad SMARTS) is 1. The minimum Gasteiger partial charge on any atom is -0.476 e. The monoisotopic (exact) mass is 409 g/mol. The summed E-state index contributed by atoms with van der Waals surface area (Å²) in [5.41, 5.74) is 1.05. The number of halogens is 3. The first-order valence-electron chi connectivity index (χ1n) is 6.82. The van der Waals surface area contributed by atoms with Crippen molar-refractivity contribution in [1.82, 2.24) is 15.0 Å². The lowest BCUT2D eigenvalue weighted by molar-refractivity contribution is 0.0691. The van der Waals surface area contributed by atoms with Crippen LogP contribution < -0.4 is 0 Å². The highest BCUT2D eigenvalue weighted by molar-refractivity contribution is 9.10. The van der Waals surface area contributed by atoms with Crippen LogP contribution in [-0.4, -0.2) is 26.1 Å². The van der Waals surface area contributed by atoms with E-state index in [1.54, 1.807) is 36.4 Å². The predicted octanol–water partition coefficient (Wildman–Crippen LogP) is 4.25. The highest BCUT2D eigenvalue weighted by atomic mass is 79.9. The van der Waals surface area contributed by atoms with Crippen molar-refractivity contribution in [2.24, 2.45) is 0 Å². The van der Waals surface area contributed by atoms with E-state index in [2.05, 4.69) is 26.2 Å². The van der Waals surface area contributed by atoms with Crippen LogP contribution in [0, 0.1) is 5.82 Å². The van der Waals surface area contributed by atoms with Crippen LogP contribution in [0.3, 0.4) is 0 Å². The molecule has 0 atom stereocenters. The van der Waals surface area contributed by atoms with E-state index in [1.807, 2.05) is 0 Å². The third-order valence-electron chi connectivity index (χ3n) is 3.39. The lowest BCUT2D eigenvalue weighted by atomic mass is 10.1. The van der Waals surface area contributed by atoms with E-state index in [9.17, 15) is 14.3 Å². The molecular formula is C16H10BrClFN3O2. The maximum atomic E-state index is 14.1. The van der Waals surface area contributed by atoms with Gasteiger partial charge >= 0.3 is 5.97 Å². The first kappa shape index (κ1) is 16.6. The zero-order chi connectivity index (χ0) is 17.3. The number of hydrogen-bond acceptors (Lipinski definition) is 3. The van der Waals surface area contributed by atoms with Gasteiger partial charge in [0.1, 0.15) is 11.5 Å². The van der Waals surface area contributed by atoms with Gasteiger partial charge in [0.2, 0.25) is 0 Å². The van der Waals surface area contributed by atoms with Crippen molar-refractivity contribution in [2.45, 2.75) is 6.54 Å². The van der Waals surface area contributed by atoms with Crippen LogP contribution in [0.5, 0.6) is 0 Å². The van der Waals surface area contributed by atoms with E-state index in [0.717, 1.165) is 0 Å². The van der Waals surface area contributed by atoms with Crippen LogP contribution >= 0.6 is 27.5 Å². The van der Waals surface area contributed by atoms with Gasteiger partial charge in [0.05, 0.1) is 6.54 Å². The number of carbonyl (C=O) groups is 1. The Bertz CT molecular complexity index is 912. The summed E-state index contributed by atoms with van der Waals surface area (Å²) in [6.45, 7) is 0.0529. The summed E-state index contributed by atoms with van der Waals surface area (Å²) in [6, 6.07) is 11.3. The summed E-state index contributed by atoms with van der Waals surface area (Å²) >= 11 is 9.07. The summed E-state index contributed by atoms with van der Waals surface area (Å²) in [6.07, 6.45) is 0. The van der Waals surface area contributed by atoms with Crippen molar-refractivity contribution >= 4 is 33.5 Å². The Labute approximate surface area is 149 Å². The molecule has 0 saturated heterocycles. The number of aromatic nitrogens is 3. The fourth-order valence-corrected chi connectivity index (χ4v) is 2.73. The fourth-order valence-electron chi connectivity index (χ4n) is 2.27. The van der Waals surface area contributed by atoms with Crippen LogP contribution in [0.15, 0.2) is 46.9 Å². The summed E-state index contributed by atoms with van der Waals surface area (Å²) in [5, 5.41) is 17.4. The molecule has 0 saturated carbocycles. The van der Waals surface area contributed by atoms with Crippen molar-refractivity contribution in [1.29, 1.82) is 0 Å². The first-order valence-corrected chi connectivity index (χ1v) is 7.99. The molecule has 0 aliphatic rings. The normalized spacial score (nSPS) is 10.8. The molecule has 0 aliphatic carbocycles. The van der Waals surface area contributed by atoms with Gasteiger partial charge in [-0.1, -0.05) is 50.9 Å². The molecular weight excluding hydrogens is 401 g/mol. The molecule has 0 bridgehead atoms. The van der Waals surface area contributed by atoms with E-state index < -0.39 is 11.8 Å². The maximum absolute atomic E-state index is 14.1. The van der Waals surface area contributed by atoms with Gasteiger partial charge in [-0.15, -0.1) is 5.10 Å². The zero-order valence-corrected chi connectivity index (χ0v) is 14.4. The number of carboxylic acids is 1. The van der Waals surface area contributed by atoms with E-state index in [-0.39, 0.29) is 12.2 Å². The van der Waals surface area contributed by atoms with Gasteiger partial charge in [-0.05, 0) is 24.3 Å². The Hall–Kier alpha value is -2.25. The average molecular weight is 411 g/mol. The van der Waals surface area contributed by atoms with Crippen molar-refractivity contribution in [3.8, 4) is 11.3 Å². The third kappa shape index (κ3) is 3.32. The van der Waals surface area contributed by atoms with Crippen LogP contribution in [-0.2, 0) is 6.54 Å². The minimum absolute atomic E-state index is 0.0529. The Morgan fingerprint density at radius 3 is 2.58 bits per heavy atom. The van der Waals surface area contributed by atoms with Crippen molar-refractivity contribution in [3.05, 3.63) is 69.0 Å². The van der Waals surface area contributed by atoms with Crippen molar-refractivity contribution in [2.75, 3.05) is 0 Å². The summed E-state index contributed by atoms with van der Waals surface area (Å²) in [7, 11) is 0. The molecule has 1 heterocycles. The second-order valence-electron chi connectivity index (χ2n) is 4.99. The Morgan fingerprint density at radius 1 is 1.25 bits per heavy atom. The zero-order valence-electron chi connectivity index (χ0n) is 12.1. The molecule has 0 amide bonds. The van der Waals surface area contributed by atoms with Crippen LogP contribution in [0.4, 0.5) is 4.39 Å². The average Bonchev–Trinajstić information content (AvgIpc) is 2.95. The Balaban J connectivity index is 2.08. The molecule has 0 spiro atoms. The highest BCUT2D eigenvalue weighted by Crippen LogP contribution is 2.25. The molecule has 2 aromatic carbocycles. The molecule has 8 heteroatoms. The van der Waals surface area contributed by atoms with Crippen LogP contribution in [0.1, 0.15) is 16.1 Å². The van der Waals surface area contributed by atoms with Gasteiger partial charge in [-0.2, -0.15) is 0 Å². The number of rotatable bonds is 4. The molecule has 0 fully saturated rings. The Morgan fingerprint density at radius 2 is 1.96 bits per heavy atom. The predicted molar refractivity (Wildman–Crippen MR) is 90.6 cm³/mol. The lowest BCUT2D eigenvalue weighted by Crippen LogP contribution is -2.07. The van der Waals surface area contributed by atoms with Crippen LogP contribution in [0.2, 0.25) is 5.02 Å². The molecule has 0 unspecified atom stereocenters. The topological polar surface area (TPSA) is 68.0 Å². The van der Waals surface area contributed by atoms with Gasteiger partial charge in [-0.3, -0.25) is 0 Å². The SMILES string of the molecule is O=C(O)c1nnn(Cc2ccc(Br)cc2F)c1-c1ccc(Cl)cc1. The first-order chi connectivity index (χ1) is 11.5. The van der Waals surface area contributed by atoms with Gasteiger partial charge in [0.25, 0.3) is 0 Å². The second-order valence-corrected chi connectivity index (χ2v) is 6.34. The molecule has 0 aliphatic heterocycles. The van der Waals surface area contributed by atoms with Crippen molar-refractivity contribution in [3.63, 3.8) is 0 Å². The molecule has 0 radical (unpaired) electrons. The van der Waals surface area contributed by atoms with E-state index in [4.69, 9.17) is 11.6 Å². The largest absolute Gasteiger partial charge is 0.476 e. The summed E-state index contributed by atoms with van der Waals surface area (Å²) in [4.78, 5) is 11.4. The molecule has 1 N–H and O–H groups in total. The molecule has 122 valence electrons. The van der Waals surface area contributed by atoms with Gasteiger partial charge < -0.3 is 5.11 Å². The fraction of sp³-hybridized carbons (Fsp3) is 0.0625. The Kier molecular flexibility index (Phi) is 4.64. The van der Waals surface area contributed by atoms with Gasteiger partial charge in [-0.25, -0.2) is 13.9 Å². The smallest absolute Gasteiger partial charge is 0.358 e. The number of nitrogens with zero attached hydrogens (tertiary/aromatic N) is 3. The summed E-state index contributed by atoms with van der Waals surface area (Å²) in [5.74, 6) is -1.62. The standard InChI is InChI=1S/C16H10BrClFN3O2/c17-11-4-1-10(13(19)7-11)8-22-15(14(16(23)24)20-21-22)9-2-5-12(18)6-3-9/h1-7H,8H2,(H,23,24). The molecule has 3 rings (SSSR count). The van der Waals surface area contributed by atoms with Crippen LogP contribution in [0.25, 0.3) is 11.3 Å². The minimum atomic E-state index is -1.21. The number of benzene rings is 2. The quantitative estimate of drug-likeness (QED) is 0.698. The van der Waals surface area contributed by atoms with E-state index in [0.29, 0.717) is 26.3 Å². The molecule has 5 nitrogen and oxygen atoms in total. The van der Waals surface area contributed by atoms with E-state index >= 15 is 0 Å². The second kappa shape index (κ2) is 6.70. The third-order valence-corrected chi connectivity index (χ3v) is 4.14. The molecule has 1 aromatic heterocycles. The van der Waals surface area contributed by atoms with Gasteiger partial charge in [0.15, 0.2) is 5.69 Å². The molecule has 24 heavy (non-hydrogen) atoms. The molecule has 3 aromatic rings.